The molecule has 100 valence electrons. The van der Waals surface area contributed by atoms with E-state index in [9.17, 15) is 9.59 Å². The molecule has 1 aromatic carbocycles. The number of carbonyl (C=O) groups excluding carboxylic acids is 2. The molecule has 0 saturated carbocycles. The lowest BCUT2D eigenvalue weighted by Gasteiger charge is -2.03. The van der Waals surface area contributed by atoms with Gasteiger partial charge in [0.1, 0.15) is 6.42 Å². The first-order valence-electron chi connectivity index (χ1n) is 5.70. The lowest BCUT2D eigenvalue weighted by Crippen LogP contribution is -2.05. The van der Waals surface area contributed by atoms with Crippen LogP contribution in [0.4, 0.5) is 5.69 Å². The number of anilines is 1. The summed E-state index contributed by atoms with van der Waals surface area (Å²) in [5.74, 6) is 4.47. The highest BCUT2D eigenvalue weighted by atomic mass is 16.5. The predicted molar refractivity (Wildman–Crippen MR) is 70.3 cm³/mol. The fourth-order valence-corrected chi connectivity index (χ4v) is 1.37. The monoisotopic (exact) mass is 261 g/mol. The maximum atomic E-state index is 11.5. The average Bonchev–Trinajstić information content (AvgIpc) is 2.39. The molecule has 0 aliphatic rings. The van der Waals surface area contributed by atoms with Gasteiger partial charge in [0.2, 0.25) is 0 Å². The number of benzene rings is 1. The van der Waals surface area contributed by atoms with Crippen molar-refractivity contribution < 1.29 is 19.1 Å². The average molecular weight is 261 g/mol. The highest BCUT2D eigenvalue weighted by Gasteiger charge is 2.10. The molecule has 0 bridgehead atoms. The van der Waals surface area contributed by atoms with Gasteiger partial charge in [-0.05, 0) is 25.1 Å². The first-order chi connectivity index (χ1) is 9.08. The van der Waals surface area contributed by atoms with E-state index in [1.165, 1.54) is 13.2 Å². The number of carbonyl (C=O) groups is 2. The molecule has 0 aliphatic heterocycles. The molecular formula is C14H15NO4. The van der Waals surface area contributed by atoms with E-state index in [1.807, 2.05) is 0 Å². The molecule has 1 aromatic rings. The molecule has 0 atom stereocenters. The van der Waals surface area contributed by atoms with Gasteiger partial charge in [0.05, 0.1) is 19.3 Å². The van der Waals surface area contributed by atoms with E-state index in [4.69, 9.17) is 10.5 Å². The molecule has 0 heterocycles. The maximum absolute atomic E-state index is 11.5. The Kier molecular flexibility index (Phi) is 5.42. The van der Waals surface area contributed by atoms with Gasteiger partial charge in [0.25, 0.3) is 0 Å². The van der Waals surface area contributed by atoms with Crippen molar-refractivity contribution in [1.29, 1.82) is 0 Å². The number of esters is 2. The van der Waals surface area contributed by atoms with Crippen LogP contribution in [0.2, 0.25) is 0 Å². The van der Waals surface area contributed by atoms with Gasteiger partial charge < -0.3 is 15.2 Å². The van der Waals surface area contributed by atoms with Crippen LogP contribution in [-0.2, 0) is 14.3 Å². The molecule has 0 aliphatic carbocycles. The molecule has 5 nitrogen and oxygen atoms in total. The Morgan fingerprint density at radius 1 is 1.37 bits per heavy atom. The van der Waals surface area contributed by atoms with Gasteiger partial charge in [0, 0.05) is 11.3 Å². The summed E-state index contributed by atoms with van der Waals surface area (Å²) in [7, 11) is 1.28. The van der Waals surface area contributed by atoms with Crippen LogP contribution in [0.15, 0.2) is 18.2 Å². The summed E-state index contributed by atoms with van der Waals surface area (Å²) in [6, 6.07) is 4.72. The third-order valence-electron chi connectivity index (χ3n) is 2.21. The van der Waals surface area contributed by atoms with Crippen molar-refractivity contribution in [2.75, 3.05) is 19.5 Å². The van der Waals surface area contributed by atoms with Gasteiger partial charge >= 0.3 is 11.9 Å². The van der Waals surface area contributed by atoms with Crippen LogP contribution in [0.1, 0.15) is 29.3 Å². The number of methoxy groups -OCH3 is 1. The van der Waals surface area contributed by atoms with Crippen molar-refractivity contribution in [3.05, 3.63) is 29.3 Å². The summed E-state index contributed by atoms with van der Waals surface area (Å²) in [4.78, 5) is 22.7. The molecule has 0 amide bonds. The molecule has 1 rings (SSSR count). The normalized spacial score (nSPS) is 9.16. The van der Waals surface area contributed by atoms with Gasteiger partial charge in [-0.1, -0.05) is 11.8 Å². The van der Waals surface area contributed by atoms with Gasteiger partial charge in [-0.15, -0.1) is 0 Å². The van der Waals surface area contributed by atoms with Crippen LogP contribution in [-0.4, -0.2) is 25.7 Å². The van der Waals surface area contributed by atoms with Crippen molar-refractivity contribution in [3.63, 3.8) is 0 Å². The Bertz CT molecular complexity index is 540. The lowest BCUT2D eigenvalue weighted by atomic mass is 10.1. The van der Waals surface area contributed by atoms with E-state index >= 15 is 0 Å². The second kappa shape index (κ2) is 7.07. The smallest absolute Gasteiger partial charge is 0.339 e. The number of hydrogen-bond acceptors (Lipinski definition) is 5. The standard InChI is InChI=1S/C14H15NO4/c1-3-19-13(16)6-4-5-10-7-8-11(15)9-12(10)14(17)18-2/h7-9H,3,6,15H2,1-2H3. The molecule has 0 unspecified atom stereocenters. The summed E-state index contributed by atoms with van der Waals surface area (Å²) < 4.78 is 9.39. The first kappa shape index (κ1) is 14.6. The Labute approximate surface area is 111 Å². The number of nitrogen functional groups attached to an aromatic ring is 1. The van der Waals surface area contributed by atoms with E-state index in [2.05, 4.69) is 16.6 Å². The summed E-state index contributed by atoms with van der Waals surface area (Å²) in [5.41, 5.74) is 6.79. The summed E-state index contributed by atoms with van der Waals surface area (Å²) in [5, 5.41) is 0. The topological polar surface area (TPSA) is 78.6 Å². The zero-order valence-corrected chi connectivity index (χ0v) is 10.9. The van der Waals surface area contributed by atoms with Crippen LogP contribution in [0.3, 0.4) is 0 Å². The predicted octanol–water partition coefficient (Wildman–Crippen LogP) is 1.36. The molecule has 0 radical (unpaired) electrons. The van der Waals surface area contributed by atoms with Gasteiger partial charge in [-0.3, -0.25) is 4.79 Å². The quantitative estimate of drug-likeness (QED) is 0.505. The van der Waals surface area contributed by atoms with Crippen LogP contribution < -0.4 is 5.73 Å². The van der Waals surface area contributed by atoms with E-state index in [-0.39, 0.29) is 12.0 Å². The fraction of sp³-hybridized carbons (Fsp3) is 0.286. The minimum Gasteiger partial charge on any atom is -0.465 e. The SMILES string of the molecule is CCOC(=O)CC#Cc1ccc(N)cc1C(=O)OC. The van der Waals surface area contributed by atoms with E-state index in [0.29, 0.717) is 17.9 Å². The summed E-state index contributed by atoms with van der Waals surface area (Å²) in [6.07, 6.45) is -0.0289. The number of ether oxygens (including phenoxy) is 2. The third-order valence-corrected chi connectivity index (χ3v) is 2.21. The van der Waals surface area contributed by atoms with Crippen LogP contribution in [0.25, 0.3) is 0 Å². The van der Waals surface area contributed by atoms with Crippen LogP contribution in [0.5, 0.6) is 0 Å². The number of nitrogens with two attached hydrogens (primary N) is 1. The Morgan fingerprint density at radius 3 is 2.74 bits per heavy atom. The van der Waals surface area contributed by atoms with Crippen molar-refractivity contribution in [2.45, 2.75) is 13.3 Å². The molecule has 5 heteroatoms. The maximum Gasteiger partial charge on any atom is 0.339 e. The van der Waals surface area contributed by atoms with Gasteiger partial charge in [-0.25, -0.2) is 4.79 Å². The van der Waals surface area contributed by atoms with Gasteiger partial charge in [-0.2, -0.15) is 0 Å². The molecular weight excluding hydrogens is 246 g/mol. The van der Waals surface area contributed by atoms with Crippen molar-refractivity contribution >= 4 is 17.6 Å². The van der Waals surface area contributed by atoms with Crippen LogP contribution >= 0.6 is 0 Å². The Hall–Kier alpha value is -2.48. The zero-order chi connectivity index (χ0) is 14.3. The lowest BCUT2D eigenvalue weighted by molar-refractivity contribution is -0.141. The molecule has 0 spiro atoms. The minimum atomic E-state index is -0.521. The van der Waals surface area contributed by atoms with Crippen LogP contribution in [0, 0.1) is 11.8 Å². The fourth-order valence-electron chi connectivity index (χ4n) is 1.37. The number of hydrogen-bond donors (Lipinski definition) is 1. The minimum absolute atomic E-state index is 0.0289. The van der Waals surface area contributed by atoms with Crippen molar-refractivity contribution in [1.82, 2.24) is 0 Å². The first-order valence-corrected chi connectivity index (χ1v) is 5.70. The van der Waals surface area contributed by atoms with Crippen molar-refractivity contribution in [2.24, 2.45) is 0 Å². The van der Waals surface area contributed by atoms with E-state index in [1.54, 1.807) is 19.1 Å². The third kappa shape index (κ3) is 4.36. The molecule has 0 saturated heterocycles. The van der Waals surface area contributed by atoms with Gasteiger partial charge in [0.15, 0.2) is 0 Å². The largest absolute Gasteiger partial charge is 0.465 e. The van der Waals surface area contributed by atoms with E-state index < -0.39 is 11.9 Å². The summed E-state index contributed by atoms with van der Waals surface area (Å²) in [6.45, 7) is 2.04. The van der Waals surface area contributed by atoms with E-state index in [0.717, 1.165) is 0 Å². The molecule has 0 aromatic heterocycles. The highest BCUT2D eigenvalue weighted by Crippen LogP contribution is 2.13. The zero-order valence-electron chi connectivity index (χ0n) is 10.9. The molecule has 2 N–H and O–H groups in total. The Morgan fingerprint density at radius 2 is 2.11 bits per heavy atom. The molecule has 19 heavy (non-hydrogen) atoms. The second-order valence-electron chi connectivity index (χ2n) is 3.58. The second-order valence-corrected chi connectivity index (χ2v) is 3.58. The summed E-state index contributed by atoms with van der Waals surface area (Å²) >= 11 is 0. The molecule has 0 fully saturated rings. The number of rotatable bonds is 3. The Balaban J connectivity index is 2.92. The highest BCUT2D eigenvalue weighted by molar-refractivity contribution is 5.93. The van der Waals surface area contributed by atoms with Crippen molar-refractivity contribution in [3.8, 4) is 11.8 Å².